The van der Waals surface area contributed by atoms with Crippen molar-refractivity contribution >= 4 is 22.8 Å². The lowest BCUT2D eigenvalue weighted by Gasteiger charge is -2.32. The molecule has 0 saturated carbocycles. The highest BCUT2D eigenvalue weighted by Crippen LogP contribution is 2.28. The molecule has 4 N–H and O–H groups in total. The summed E-state index contributed by atoms with van der Waals surface area (Å²) in [6.07, 6.45) is 0.330. The number of anilines is 1. The maximum Gasteiger partial charge on any atom is 0.368 e. The van der Waals surface area contributed by atoms with E-state index in [4.69, 9.17) is 10.7 Å². The molecule has 0 unspecified atom stereocenters. The number of nitrogens with two attached hydrogens (primary N) is 1. The van der Waals surface area contributed by atoms with Crippen LogP contribution in [-0.4, -0.2) is 70.7 Å². The summed E-state index contributed by atoms with van der Waals surface area (Å²) in [6.45, 7) is 2.18. The lowest BCUT2D eigenvalue weighted by Crippen LogP contribution is -2.46. The standard InChI is InChI=1S/C24H27F2N7O2/c25-24(26)13-33(8-9-35-24)12-15-3-5-16(6-4-15)19-10-18(22(27)34)20-21(32-19)23(30-14-29-20)31-17-2-1-7-28-11-17/h3-6,10,14,17,28H,1-2,7-9,11-13H2,(H2,27,34)(H,29,30,31)/t17-/m0/s1. The minimum Gasteiger partial charge on any atom is -0.366 e. The van der Waals surface area contributed by atoms with Crippen LogP contribution in [0.3, 0.4) is 0 Å². The van der Waals surface area contributed by atoms with Crippen LogP contribution in [0.25, 0.3) is 22.3 Å². The summed E-state index contributed by atoms with van der Waals surface area (Å²) in [5.74, 6) is -0.0505. The Kier molecular flexibility index (Phi) is 6.54. The number of rotatable bonds is 6. The lowest BCUT2D eigenvalue weighted by molar-refractivity contribution is -0.271. The molecular formula is C24H27F2N7O2. The number of ether oxygens (including phenoxy) is 1. The van der Waals surface area contributed by atoms with E-state index < -0.39 is 18.6 Å². The van der Waals surface area contributed by atoms with Gasteiger partial charge >= 0.3 is 6.11 Å². The first-order valence-corrected chi connectivity index (χ1v) is 11.6. The number of nitrogens with zero attached hydrogens (tertiary/aromatic N) is 4. The van der Waals surface area contributed by atoms with Crippen LogP contribution in [0.5, 0.6) is 0 Å². The molecule has 0 spiro atoms. The number of morpholine rings is 1. The van der Waals surface area contributed by atoms with Crippen LogP contribution in [0.1, 0.15) is 28.8 Å². The fourth-order valence-corrected chi connectivity index (χ4v) is 4.53. The van der Waals surface area contributed by atoms with Crippen LogP contribution < -0.4 is 16.4 Å². The van der Waals surface area contributed by atoms with Gasteiger partial charge in [0.25, 0.3) is 5.91 Å². The van der Waals surface area contributed by atoms with Crippen molar-refractivity contribution in [2.45, 2.75) is 31.5 Å². The van der Waals surface area contributed by atoms with Crippen molar-refractivity contribution in [1.29, 1.82) is 0 Å². The maximum absolute atomic E-state index is 13.5. The molecule has 11 heteroatoms. The van der Waals surface area contributed by atoms with Crippen LogP contribution in [0.4, 0.5) is 14.6 Å². The topological polar surface area (TPSA) is 118 Å². The number of primary amides is 1. The Bertz CT molecular complexity index is 1220. The van der Waals surface area contributed by atoms with E-state index in [9.17, 15) is 13.6 Å². The molecular weight excluding hydrogens is 456 g/mol. The monoisotopic (exact) mass is 483 g/mol. The van der Waals surface area contributed by atoms with Crippen molar-refractivity contribution in [2.75, 3.05) is 38.1 Å². The fraction of sp³-hybridized carbons (Fsp3) is 0.417. The molecule has 3 aromatic rings. The van der Waals surface area contributed by atoms with Crippen molar-refractivity contribution < 1.29 is 18.3 Å². The van der Waals surface area contributed by atoms with Crippen molar-refractivity contribution in [1.82, 2.24) is 25.2 Å². The summed E-state index contributed by atoms with van der Waals surface area (Å²) in [6, 6.07) is 9.27. The number of pyridine rings is 1. The van der Waals surface area contributed by atoms with Crippen LogP contribution in [0.15, 0.2) is 36.7 Å². The van der Waals surface area contributed by atoms with Crippen molar-refractivity contribution in [3.63, 3.8) is 0 Å². The number of piperidine rings is 1. The molecule has 2 aliphatic rings. The number of aromatic nitrogens is 3. The van der Waals surface area contributed by atoms with Crippen molar-refractivity contribution in [3.8, 4) is 11.3 Å². The van der Waals surface area contributed by atoms with Crippen molar-refractivity contribution in [2.24, 2.45) is 5.73 Å². The number of carbonyl (C=O) groups is 1. The number of nitrogens with one attached hydrogen (secondary N) is 2. The molecule has 2 fully saturated rings. The zero-order valence-electron chi connectivity index (χ0n) is 19.1. The molecule has 1 atom stereocenters. The van der Waals surface area contributed by atoms with E-state index in [0.29, 0.717) is 35.6 Å². The largest absolute Gasteiger partial charge is 0.368 e. The van der Waals surface area contributed by atoms with Gasteiger partial charge in [-0.15, -0.1) is 0 Å². The second-order valence-corrected chi connectivity index (χ2v) is 8.92. The number of benzene rings is 1. The van der Waals surface area contributed by atoms with Crippen LogP contribution >= 0.6 is 0 Å². The molecule has 1 amide bonds. The Labute approximate surface area is 201 Å². The van der Waals surface area contributed by atoms with E-state index in [2.05, 4.69) is 25.3 Å². The first-order chi connectivity index (χ1) is 16.9. The molecule has 5 rings (SSSR count). The van der Waals surface area contributed by atoms with Gasteiger partial charge in [0.15, 0.2) is 5.82 Å². The molecule has 35 heavy (non-hydrogen) atoms. The van der Waals surface area contributed by atoms with E-state index in [1.807, 2.05) is 24.3 Å². The van der Waals surface area contributed by atoms with Crippen LogP contribution in [0, 0.1) is 0 Å². The predicted octanol–water partition coefficient (Wildman–Crippen LogP) is 2.38. The zero-order valence-corrected chi connectivity index (χ0v) is 19.1. The fourth-order valence-electron chi connectivity index (χ4n) is 4.53. The number of hydrogen-bond acceptors (Lipinski definition) is 8. The molecule has 2 saturated heterocycles. The zero-order chi connectivity index (χ0) is 24.4. The van der Waals surface area contributed by atoms with Gasteiger partial charge in [0.05, 0.1) is 24.4 Å². The Hall–Kier alpha value is -3.28. The SMILES string of the molecule is NC(=O)c1cc(-c2ccc(CN3CCOC(F)(F)C3)cc2)nc2c(N[C@H]3CCCNC3)ncnc12. The highest BCUT2D eigenvalue weighted by molar-refractivity contribution is 6.06. The molecule has 0 bridgehead atoms. The third-order valence-electron chi connectivity index (χ3n) is 6.28. The second kappa shape index (κ2) is 9.76. The van der Waals surface area contributed by atoms with Gasteiger partial charge in [0.1, 0.15) is 17.4 Å². The minimum absolute atomic E-state index is 0.00263. The third kappa shape index (κ3) is 5.37. The molecule has 0 aliphatic carbocycles. The number of fused-ring (bicyclic) bond motifs is 1. The lowest BCUT2D eigenvalue weighted by atomic mass is 10.0. The van der Waals surface area contributed by atoms with Gasteiger partial charge in [-0.3, -0.25) is 9.69 Å². The number of alkyl halides is 2. The van der Waals surface area contributed by atoms with Crippen molar-refractivity contribution in [3.05, 3.63) is 47.8 Å². The third-order valence-corrected chi connectivity index (χ3v) is 6.28. The summed E-state index contributed by atoms with van der Waals surface area (Å²) in [5, 5.41) is 6.78. The number of hydrogen-bond donors (Lipinski definition) is 3. The molecule has 9 nitrogen and oxygen atoms in total. The van der Waals surface area contributed by atoms with Crippen LogP contribution in [0.2, 0.25) is 0 Å². The minimum atomic E-state index is -3.13. The van der Waals surface area contributed by atoms with E-state index >= 15 is 0 Å². The molecule has 4 heterocycles. The van der Waals surface area contributed by atoms with Gasteiger partial charge < -0.3 is 21.1 Å². The van der Waals surface area contributed by atoms with Gasteiger partial charge in [-0.1, -0.05) is 24.3 Å². The Morgan fingerprint density at radius 3 is 2.80 bits per heavy atom. The Morgan fingerprint density at radius 2 is 2.09 bits per heavy atom. The van der Waals surface area contributed by atoms with E-state index in [1.54, 1.807) is 11.0 Å². The van der Waals surface area contributed by atoms with Gasteiger partial charge in [-0.05, 0) is 31.0 Å². The molecule has 184 valence electrons. The average molecular weight is 484 g/mol. The maximum atomic E-state index is 13.5. The molecule has 0 radical (unpaired) electrons. The second-order valence-electron chi connectivity index (χ2n) is 8.92. The quantitative estimate of drug-likeness (QED) is 0.489. The van der Waals surface area contributed by atoms with E-state index in [-0.39, 0.29) is 18.2 Å². The summed E-state index contributed by atoms with van der Waals surface area (Å²) in [5.41, 5.74) is 9.01. The summed E-state index contributed by atoms with van der Waals surface area (Å²) < 4.78 is 31.5. The number of halogens is 2. The van der Waals surface area contributed by atoms with Gasteiger partial charge in [-0.2, -0.15) is 8.78 Å². The Balaban J connectivity index is 1.44. The van der Waals surface area contributed by atoms with Gasteiger partial charge in [0, 0.05) is 31.2 Å². The summed E-state index contributed by atoms with van der Waals surface area (Å²) in [7, 11) is 0. The summed E-state index contributed by atoms with van der Waals surface area (Å²) >= 11 is 0. The average Bonchev–Trinajstić information content (AvgIpc) is 2.84. The highest BCUT2D eigenvalue weighted by Gasteiger charge is 2.36. The first kappa shape index (κ1) is 23.5. The number of carbonyl (C=O) groups excluding carboxylic acids is 1. The summed E-state index contributed by atoms with van der Waals surface area (Å²) in [4.78, 5) is 27.4. The smallest absolute Gasteiger partial charge is 0.366 e. The predicted molar refractivity (Wildman–Crippen MR) is 127 cm³/mol. The Morgan fingerprint density at radius 1 is 1.26 bits per heavy atom. The molecule has 2 aromatic heterocycles. The first-order valence-electron chi connectivity index (χ1n) is 11.6. The highest BCUT2D eigenvalue weighted by atomic mass is 19.3. The van der Waals surface area contributed by atoms with Gasteiger partial charge in [0.2, 0.25) is 0 Å². The number of amides is 1. The molecule has 1 aromatic carbocycles. The van der Waals surface area contributed by atoms with Gasteiger partial charge in [-0.25, -0.2) is 15.0 Å². The van der Waals surface area contributed by atoms with Crippen LogP contribution in [-0.2, 0) is 11.3 Å². The molecule has 2 aliphatic heterocycles. The van der Waals surface area contributed by atoms with E-state index in [1.165, 1.54) is 6.33 Å². The van der Waals surface area contributed by atoms with E-state index in [0.717, 1.165) is 37.1 Å². The normalized spacial score (nSPS) is 20.6.